The standard InChI is InChI=1S/C29H29F3N4O7/c1-4-41-23-13-18(26-25(27(38)40-3)16(2)34-28(39)35-26)8-10-22(23)42-15-24(37)36-33-14-20-9-11-21(43-20)17-6-5-7-19(12-17)29(30,31)32/h5-14,24,26,36-37H,4,15H2,1-3H3,(H2,34,35,39)/b33-14+/t24-,26-/m1/s1. The SMILES string of the molecule is CCOc1cc([C@H]2NC(=O)NC(C)=C2C(=O)OC)ccc1OC[C@@H](O)N/N=C/c1ccc(-c2cccc(C(F)(F)F)c2)o1. The molecule has 0 saturated carbocycles. The van der Waals surface area contributed by atoms with E-state index in [4.69, 9.17) is 18.6 Å². The van der Waals surface area contributed by atoms with Crippen LogP contribution in [0.1, 0.15) is 36.8 Å². The molecule has 43 heavy (non-hydrogen) atoms. The first-order valence-corrected chi connectivity index (χ1v) is 13.0. The molecule has 1 aromatic heterocycles. The van der Waals surface area contributed by atoms with Gasteiger partial charge >= 0.3 is 18.2 Å². The lowest BCUT2D eigenvalue weighted by Gasteiger charge is -2.28. The molecule has 0 saturated heterocycles. The minimum absolute atomic E-state index is 0.219. The average Bonchev–Trinajstić information content (AvgIpc) is 3.44. The van der Waals surface area contributed by atoms with Gasteiger partial charge in [-0.1, -0.05) is 18.2 Å². The summed E-state index contributed by atoms with van der Waals surface area (Å²) in [4.78, 5) is 24.5. The summed E-state index contributed by atoms with van der Waals surface area (Å²) < 4.78 is 60.8. The molecule has 0 radical (unpaired) electrons. The Hall–Kier alpha value is -4.98. The highest BCUT2D eigenvalue weighted by Gasteiger charge is 2.33. The number of allylic oxidation sites excluding steroid dienone is 1. The molecule has 4 N–H and O–H groups in total. The molecule has 0 fully saturated rings. The Kier molecular flexibility index (Phi) is 9.60. The molecule has 2 aromatic carbocycles. The fourth-order valence-electron chi connectivity index (χ4n) is 4.24. The minimum Gasteiger partial charge on any atom is -0.490 e. The Morgan fingerprint density at radius 2 is 1.95 bits per heavy atom. The van der Waals surface area contributed by atoms with Crippen molar-refractivity contribution in [2.45, 2.75) is 32.3 Å². The van der Waals surface area contributed by atoms with Crippen LogP contribution >= 0.6 is 0 Å². The van der Waals surface area contributed by atoms with E-state index in [0.717, 1.165) is 12.1 Å². The number of halogens is 3. The average molecular weight is 603 g/mol. The molecule has 14 heteroatoms. The van der Waals surface area contributed by atoms with Crippen molar-refractivity contribution in [3.8, 4) is 22.8 Å². The summed E-state index contributed by atoms with van der Waals surface area (Å²) in [5, 5.41) is 19.4. The van der Waals surface area contributed by atoms with Gasteiger partial charge in [-0.05, 0) is 55.8 Å². The molecular weight excluding hydrogens is 573 g/mol. The van der Waals surface area contributed by atoms with Gasteiger partial charge in [0.05, 0.1) is 37.1 Å². The maximum absolute atomic E-state index is 13.0. The van der Waals surface area contributed by atoms with E-state index in [1.165, 1.54) is 37.6 Å². The lowest BCUT2D eigenvalue weighted by atomic mass is 9.95. The van der Waals surface area contributed by atoms with Crippen molar-refractivity contribution in [2.75, 3.05) is 20.3 Å². The number of aliphatic hydroxyl groups excluding tert-OH is 1. The largest absolute Gasteiger partial charge is 0.490 e. The third-order valence-corrected chi connectivity index (χ3v) is 6.19. The molecule has 0 bridgehead atoms. The van der Waals surface area contributed by atoms with E-state index in [0.29, 0.717) is 17.0 Å². The number of hydrazone groups is 1. The number of benzene rings is 2. The van der Waals surface area contributed by atoms with Gasteiger partial charge in [0.2, 0.25) is 0 Å². The maximum atomic E-state index is 13.0. The van der Waals surface area contributed by atoms with Gasteiger partial charge in [-0.15, -0.1) is 0 Å². The number of alkyl halides is 3. The number of esters is 1. The minimum atomic E-state index is -4.48. The maximum Gasteiger partial charge on any atom is 0.416 e. The molecule has 4 rings (SSSR count). The summed E-state index contributed by atoms with van der Waals surface area (Å²) in [6.07, 6.45) is -4.48. The number of furan rings is 1. The van der Waals surface area contributed by atoms with Crippen LogP contribution in [0.3, 0.4) is 0 Å². The highest BCUT2D eigenvalue weighted by atomic mass is 19.4. The third kappa shape index (κ3) is 7.65. The van der Waals surface area contributed by atoms with E-state index in [-0.39, 0.29) is 41.6 Å². The number of hydrogen-bond donors (Lipinski definition) is 4. The van der Waals surface area contributed by atoms with Crippen LogP contribution in [-0.2, 0) is 15.7 Å². The number of amides is 2. The number of hydrogen-bond acceptors (Lipinski definition) is 9. The second-order valence-electron chi connectivity index (χ2n) is 9.20. The van der Waals surface area contributed by atoms with Crippen molar-refractivity contribution < 1.29 is 46.5 Å². The fraction of sp³-hybridized carbons (Fsp3) is 0.276. The number of aliphatic hydroxyl groups is 1. The number of ether oxygens (including phenoxy) is 3. The van der Waals surface area contributed by atoms with Crippen LogP contribution in [0.5, 0.6) is 11.5 Å². The normalized spacial score (nSPS) is 16.0. The Morgan fingerprint density at radius 1 is 1.16 bits per heavy atom. The predicted octanol–water partition coefficient (Wildman–Crippen LogP) is 4.49. The van der Waals surface area contributed by atoms with Gasteiger partial charge < -0.3 is 34.4 Å². The van der Waals surface area contributed by atoms with Gasteiger partial charge in [-0.3, -0.25) is 5.43 Å². The van der Waals surface area contributed by atoms with Crippen LogP contribution in [-0.4, -0.2) is 49.9 Å². The first kappa shape index (κ1) is 31.0. The first-order chi connectivity index (χ1) is 20.5. The molecule has 2 heterocycles. The summed E-state index contributed by atoms with van der Waals surface area (Å²) >= 11 is 0. The smallest absolute Gasteiger partial charge is 0.416 e. The zero-order chi connectivity index (χ0) is 31.1. The van der Waals surface area contributed by atoms with E-state index in [1.807, 2.05) is 0 Å². The third-order valence-electron chi connectivity index (χ3n) is 6.19. The molecular formula is C29H29F3N4O7. The first-order valence-electron chi connectivity index (χ1n) is 13.0. The molecule has 2 atom stereocenters. The van der Waals surface area contributed by atoms with Gasteiger partial charge in [0, 0.05) is 11.3 Å². The van der Waals surface area contributed by atoms with Gasteiger partial charge in [0.25, 0.3) is 0 Å². The number of nitrogens with zero attached hydrogens (tertiary/aromatic N) is 1. The van der Waals surface area contributed by atoms with Crippen LogP contribution in [0.4, 0.5) is 18.0 Å². The summed E-state index contributed by atoms with van der Waals surface area (Å²) in [5.41, 5.74) is 3.05. The topological polar surface area (TPSA) is 144 Å². The Bertz CT molecular complexity index is 1530. The van der Waals surface area contributed by atoms with Crippen LogP contribution in [0.25, 0.3) is 11.3 Å². The molecule has 2 amide bonds. The number of carbonyl (C=O) groups excluding carboxylic acids is 2. The fourth-order valence-corrected chi connectivity index (χ4v) is 4.24. The Labute approximate surface area is 244 Å². The molecule has 3 aromatic rings. The second kappa shape index (κ2) is 13.3. The molecule has 1 aliphatic heterocycles. The van der Waals surface area contributed by atoms with Crippen LogP contribution < -0.4 is 25.5 Å². The Balaban J connectivity index is 1.39. The lowest BCUT2D eigenvalue weighted by Crippen LogP contribution is -2.45. The molecule has 0 unspecified atom stereocenters. The number of urea groups is 1. The molecule has 0 spiro atoms. The molecule has 1 aliphatic rings. The van der Waals surface area contributed by atoms with Gasteiger partial charge in [0.1, 0.15) is 18.1 Å². The zero-order valence-corrected chi connectivity index (χ0v) is 23.3. The summed E-state index contributed by atoms with van der Waals surface area (Å²) in [5.74, 6) is 0.444. The second-order valence-corrected chi connectivity index (χ2v) is 9.20. The predicted molar refractivity (Wildman–Crippen MR) is 148 cm³/mol. The van der Waals surface area contributed by atoms with E-state index >= 15 is 0 Å². The lowest BCUT2D eigenvalue weighted by molar-refractivity contribution is -0.138. The van der Waals surface area contributed by atoms with Crippen molar-refractivity contribution >= 4 is 18.2 Å². The van der Waals surface area contributed by atoms with Crippen molar-refractivity contribution in [1.82, 2.24) is 16.1 Å². The molecule has 11 nitrogen and oxygen atoms in total. The monoisotopic (exact) mass is 602 g/mol. The quantitative estimate of drug-likeness (QED) is 0.109. The number of methoxy groups -OCH3 is 1. The van der Waals surface area contributed by atoms with E-state index < -0.39 is 36.0 Å². The summed E-state index contributed by atoms with van der Waals surface area (Å²) in [7, 11) is 1.24. The van der Waals surface area contributed by atoms with Crippen molar-refractivity contribution in [2.24, 2.45) is 5.10 Å². The molecule has 0 aliphatic carbocycles. The molecule has 228 valence electrons. The van der Waals surface area contributed by atoms with E-state index in [2.05, 4.69) is 21.2 Å². The van der Waals surface area contributed by atoms with Crippen LogP contribution in [0, 0.1) is 0 Å². The van der Waals surface area contributed by atoms with Crippen LogP contribution in [0.15, 0.2) is 75.4 Å². The number of carbonyl (C=O) groups is 2. The van der Waals surface area contributed by atoms with Gasteiger partial charge in [0.15, 0.2) is 17.7 Å². The van der Waals surface area contributed by atoms with Crippen molar-refractivity contribution in [3.05, 3.63) is 82.8 Å². The highest BCUT2D eigenvalue weighted by molar-refractivity contribution is 5.95. The van der Waals surface area contributed by atoms with Crippen LogP contribution in [0.2, 0.25) is 0 Å². The van der Waals surface area contributed by atoms with Gasteiger partial charge in [-0.25, -0.2) is 9.59 Å². The summed E-state index contributed by atoms with van der Waals surface area (Å²) in [6.45, 7) is 3.40. The van der Waals surface area contributed by atoms with E-state index in [1.54, 1.807) is 32.0 Å². The van der Waals surface area contributed by atoms with Crippen molar-refractivity contribution in [3.63, 3.8) is 0 Å². The Morgan fingerprint density at radius 3 is 2.67 bits per heavy atom. The highest BCUT2D eigenvalue weighted by Crippen LogP contribution is 2.35. The number of nitrogens with one attached hydrogen (secondary N) is 3. The van der Waals surface area contributed by atoms with Crippen molar-refractivity contribution in [1.29, 1.82) is 0 Å². The van der Waals surface area contributed by atoms with E-state index in [9.17, 15) is 27.9 Å². The van der Waals surface area contributed by atoms with Gasteiger partial charge in [-0.2, -0.15) is 18.3 Å². The summed E-state index contributed by atoms with van der Waals surface area (Å²) in [6, 6.07) is 11.3. The zero-order valence-electron chi connectivity index (χ0n) is 23.3. The number of rotatable bonds is 11.